The van der Waals surface area contributed by atoms with Gasteiger partial charge in [0.2, 0.25) is 0 Å². The van der Waals surface area contributed by atoms with Crippen LogP contribution in [0.3, 0.4) is 0 Å². The first kappa shape index (κ1) is 52.9. The van der Waals surface area contributed by atoms with E-state index in [4.69, 9.17) is 96.7 Å². The van der Waals surface area contributed by atoms with Crippen molar-refractivity contribution in [3.05, 3.63) is 0 Å². The number of ether oxygens (including phenoxy) is 1. The van der Waals surface area contributed by atoms with Gasteiger partial charge in [0.25, 0.3) is 0 Å². The van der Waals surface area contributed by atoms with Crippen LogP contribution in [0.1, 0.15) is 12.8 Å². The van der Waals surface area contributed by atoms with E-state index in [1.807, 2.05) is 0 Å². The molecule has 0 aromatic heterocycles. The first-order valence-corrected chi connectivity index (χ1v) is 12.3. The molecule has 0 saturated carbocycles. The minimum atomic E-state index is -0.954. The van der Waals surface area contributed by atoms with Gasteiger partial charge in [-0.2, -0.15) is 0 Å². The van der Waals surface area contributed by atoms with E-state index in [2.05, 4.69) is 0 Å². The normalized spacial score (nSPS) is 11.7. The van der Waals surface area contributed by atoms with Crippen LogP contribution < -0.4 is 0 Å². The SMILES string of the molecule is C1CCOC1.OCC(O)CO.OCC(O)CO.OCC(O)CO.OCC(O)CO.OCC(O)CO.OCC(O)CO. The zero-order valence-electron chi connectivity index (χ0n) is 23.2. The summed E-state index contributed by atoms with van der Waals surface area (Å²) in [5.41, 5.74) is 0. The van der Waals surface area contributed by atoms with Crippen LogP contribution in [0.2, 0.25) is 0 Å². The van der Waals surface area contributed by atoms with Crippen molar-refractivity contribution in [1.82, 2.24) is 0 Å². The van der Waals surface area contributed by atoms with Crippen LogP contribution in [0.25, 0.3) is 0 Å². The molecule has 0 unspecified atom stereocenters. The molecule has 19 nitrogen and oxygen atoms in total. The molecule has 1 fully saturated rings. The lowest BCUT2D eigenvalue weighted by Gasteiger charge is -1.96. The fourth-order valence-electron chi connectivity index (χ4n) is 0.857. The number of aliphatic hydroxyl groups is 18. The number of aliphatic hydroxyl groups excluding tert-OH is 18. The molecule has 0 radical (unpaired) electrons. The number of rotatable bonds is 12. The van der Waals surface area contributed by atoms with Crippen LogP contribution in [0.4, 0.5) is 0 Å². The maximum Gasteiger partial charge on any atom is 0.100 e. The Bertz CT molecular complexity index is 287. The van der Waals surface area contributed by atoms with Crippen molar-refractivity contribution >= 4 is 0 Å². The van der Waals surface area contributed by atoms with Gasteiger partial charge in [0.15, 0.2) is 0 Å². The topological polar surface area (TPSA) is 373 Å². The summed E-state index contributed by atoms with van der Waals surface area (Å²) in [7, 11) is 0. The van der Waals surface area contributed by atoms with Crippen molar-refractivity contribution in [1.29, 1.82) is 0 Å². The Hall–Kier alpha value is -0.760. The van der Waals surface area contributed by atoms with Crippen LogP contribution >= 0.6 is 0 Å². The second kappa shape index (κ2) is 48.9. The first-order chi connectivity index (χ1) is 19.3. The third-order valence-corrected chi connectivity index (χ3v) is 3.36. The fraction of sp³-hybridized carbons (Fsp3) is 1.00. The van der Waals surface area contributed by atoms with E-state index in [-0.39, 0.29) is 79.3 Å². The number of hydrogen-bond acceptors (Lipinski definition) is 19. The van der Waals surface area contributed by atoms with Crippen LogP contribution in [0, 0.1) is 0 Å². The maximum absolute atomic E-state index is 8.17. The van der Waals surface area contributed by atoms with Crippen molar-refractivity contribution in [2.75, 3.05) is 92.5 Å². The molecule has 0 bridgehead atoms. The lowest BCUT2D eigenvalue weighted by molar-refractivity contribution is 0.0450. The standard InChI is InChI=1S/C4H8O.6C3H8O3/c1-2-4-5-3-1;6*4-1-3(6)2-5/h1-4H2;6*3-6H,1-2H2. The molecule has 18 N–H and O–H groups in total. The molecule has 0 atom stereocenters. The molecule has 1 rings (SSSR count). The largest absolute Gasteiger partial charge is 0.394 e. The summed E-state index contributed by atoms with van der Waals surface area (Å²) in [6.07, 6.45) is -3.17. The van der Waals surface area contributed by atoms with Crippen molar-refractivity contribution in [3.8, 4) is 0 Å². The third kappa shape index (κ3) is 68.2. The molecule has 41 heavy (non-hydrogen) atoms. The average molecular weight is 625 g/mol. The molecular weight excluding hydrogens is 568 g/mol. The molecule has 1 heterocycles. The molecule has 0 spiro atoms. The maximum atomic E-state index is 8.17. The highest BCUT2D eigenvalue weighted by Crippen LogP contribution is 1.98. The average Bonchev–Trinajstić information content (AvgIpc) is 3.64. The zero-order valence-corrected chi connectivity index (χ0v) is 23.2. The van der Waals surface area contributed by atoms with E-state index < -0.39 is 36.6 Å². The summed E-state index contributed by atoms with van der Waals surface area (Å²) in [5.74, 6) is 0. The van der Waals surface area contributed by atoms with Gasteiger partial charge in [-0.25, -0.2) is 0 Å². The summed E-state index contributed by atoms with van der Waals surface area (Å²) >= 11 is 0. The Morgan fingerprint density at radius 1 is 0.293 bits per heavy atom. The molecule has 0 amide bonds. The fourth-order valence-corrected chi connectivity index (χ4v) is 0.857. The Labute approximate surface area is 239 Å². The van der Waals surface area contributed by atoms with Gasteiger partial charge in [0.1, 0.15) is 36.6 Å². The van der Waals surface area contributed by atoms with Gasteiger partial charge in [-0.3, -0.25) is 0 Å². The summed E-state index contributed by atoms with van der Waals surface area (Å²) in [6.45, 7) is -2.37. The summed E-state index contributed by atoms with van der Waals surface area (Å²) in [4.78, 5) is 0. The van der Waals surface area contributed by atoms with Crippen molar-refractivity contribution in [2.45, 2.75) is 49.5 Å². The van der Waals surface area contributed by atoms with Crippen LogP contribution in [-0.4, -0.2) is 221 Å². The first-order valence-electron chi connectivity index (χ1n) is 12.3. The number of hydrogen-bond donors (Lipinski definition) is 18. The van der Waals surface area contributed by atoms with Gasteiger partial charge >= 0.3 is 0 Å². The molecule has 1 aliphatic heterocycles. The van der Waals surface area contributed by atoms with Gasteiger partial charge in [0.05, 0.1) is 79.3 Å². The highest BCUT2D eigenvalue weighted by atomic mass is 16.5. The second-order valence-corrected chi connectivity index (χ2v) is 7.43. The van der Waals surface area contributed by atoms with E-state index in [0.29, 0.717) is 0 Å². The zero-order chi connectivity index (χ0) is 33.5. The van der Waals surface area contributed by atoms with E-state index >= 15 is 0 Å². The van der Waals surface area contributed by atoms with E-state index in [1.165, 1.54) is 12.8 Å². The smallest absolute Gasteiger partial charge is 0.100 e. The Kier molecular flexibility index (Phi) is 63.1. The predicted octanol–water partition coefficient (Wildman–Crippen LogP) is -9.21. The Balaban J connectivity index is -0.0000000872. The van der Waals surface area contributed by atoms with Gasteiger partial charge in [-0.15, -0.1) is 0 Å². The molecule has 1 aliphatic rings. The molecule has 19 heteroatoms. The molecule has 0 aromatic carbocycles. The Morgan fingerprint density at radius 2 is 0.415 bits per heavy atom. The summed E-state index contributed by atoms with van der Waals surface area (Å²) < 4.78 is 4.94. The molecule has 258 valence electrons. The highest BCUT2D eigenvalue weighted by Gasteiger charge is 1.96. The van der Waals surface area contributed by atoms with E-state index in [1.54, 1.807) is 0 Å². The molecule has 1 saturated heterocycles. The molecule has 0 aromatic rings. The van der Waals surface area contributed by atoms with Crippen LogP contribution in [0.5, 0.6) is 0 Å². The lowest BCUT2D eigenvalue weighted by Crippen LogP contribution is -2.15. The highest BCUT2D eigenvalue weighted by molar-refractivity contribution is 4.46. The lowest BCUT2D eigenvalue weighted by atomic mass is 10.4. The monoisotopic (exact) mass is 624 g/mol. The quantitative estimate of drug-likeness (QED) is 0.0957. The van der Waals surface area contributed by atoms with E-state index in [9.17, 15) is 0 Å². The second-order valence-electron chi connectivity index (χ2n) is 7.43. The predicted molar refractivity (Wildman–Crippen MR) is 141 cm³/mol. The molecular formula is C22H56O19. The van der Waals surface area contributed by atoms with Gasteiger partial charge in [-0.1, -0.05) is 0 Å². The summed E-state index contributed by atoms with van der Waals surface area (Å²) in [5, 5.41) is 144. The van der Waals surface area contributed by atoms with Gasteiger partial charge in [-0.05, 0) is 12.8 Å². The third-order valence-electron chi connectivity index (χ3n) is 3.36. The minimum absolute atomic E-state index is 0.365. The van der Waals surface area contributed by atoms with Crippen molar-refractivity contribution in [2.24, 2.45) is 0 Å². The van der Waals surface area contributed by atoms with Gasteiger partial charge in [0, 0.05) is 13.2 Å². The summed E-state index contributed by atoms with van der Waals surface area (Å²) in [6, 6.07) is 0. The molecule has 0 aliphatic carbocycles. The Morgan fingerprint density at radius 3 is 0.439 bits per heavy atom. The van der Waals surface area contributed by atoms with Crippen molar-refractivity contribution in [3.63, 3.8) is 0 Å². The van der Waals surface area contributed by atoms with Crippen LogP contribution in [-0.2, 0) is 4.74 Å². The minimum Gasteiger partial charge on any atom is -0.394 e. The van der Waals surface area contributed by atoms with Crippen molar-refractivity contribution < 1.29 is 96.7 Å². The van der Waals surface area contributed by atoms with Gasteiger partial charge < -0.3 is 96.7 Å². The van der Waals surface area contributed by atoms with Crippen LogP contribution in [0.15, 0.2) is 0 Å². The van der Waals surface area contributed by atoms with E-state index in [0.717, 1.165) is 13.2 Å².